The van der Waals surface area contributed by atoms with Crippen molar-refractivity contribution in [3.05, 3.63) is 29.6 Å². The van der Waals surface area contributed by atoms with Crippen molar-refractivity contribution < 1.29 is 22.7 Å². The van der Waals surface area contributed by atoms with Crippen LogP contribution in [0.5, 0.6) is 5.75 Å². The Kier molecular flexibility index (Phi) is 5.02. The molecule has 0 unspecified atom stereocenters. The topological polar surface area (TPSA) is 46.2 Å². The summed E-state index contributed by atoms with van der Waals surface area (Å²) in [5.41, 5.74) is 4.96. The van der Waals surface area contributed by atoms with E-state index in [1.54, 1.807) is 0 Å². The molecule has 0 aromatic heterocycles. The van der Waals surface area contributed by atoms with Crippen LogP contribution in [-0.2, 0) is 0 Å². The minimum atomic E-state index is -4.45. The Morgan fingerprint density at radius 2 is 1.88 bits per heavy atom. The second kappa shape index (κ2) is 5.36. The summed E-state index contributed by atoms with van der Waals surface area (Å²) in [4.78, 5) is 0. The monoisotopic (exact) mass is 259 g/mol. The molecule has 92 valence electrons. The van der Waals surface area contributed by atoms with Crippen molar-refractivity contribution in [2.24, 2.45) is 5.73 Å². The summed E-state index contributed by atoms with van der Waals surface area (Å²) < 4.78 is 48.7. The maximum Gasteiger partial charge on any atom is 0.390 e. The Bertz CT molecular complexity index is 356. The Labute approximate surface area is 95.5 Å². The van der Waals surface area contributed by atoms with Gasteiger partial charge in [-0.3, -0.25) is 0 Å². The van der Waals surface area contributed by atoms with E-state index >= 15 is 0 Å². The molecule has 1 atom stereocenters. The third-order valence-electron chi connectivity index (χ3n) is 1.87. The van der Waals surface area contributed by atoms with E-state index in [9.17, 15) is 17.6 Å². The van der Waals surface area contributed by atoms with Crippen molar-refractivity contribution >= 4 is 12.4 Å². The van der Waals surface area contributed by atoms with Crippen LogP contribution >= 0.6 is 12.4 Å². The van der Waals surface area contributed by atoms with Crippen molar-refractivity contribution in [1.82, 2.24) is 0 Å². The van der Waals surface area contributed by atoms with Gasteiger partial charge in [0.05, 0.1) is 6.42 Å². The number of benzene rings is 1. The van der Waals surface area contributed by atoms with Crippen LogP contribution < -0.4 is 5.73 Å². The number of hydrogen-bond donors (Lipinski definition) is 2. The minimum absolute atomic E-state index is 0. The number of rotatable bonds is 2. The average Bonchev–Trinajstić information content (AvgIpc) is 2.06. The molecule has 2 nitrogen and oxygen atoms in total. The van der Waals surface area contributed by atoms with Crippen molar-refractivity contribution in [1.29, 1.82) is 0 Å². The Morgan fingerprint density at radius 3 is 2.38 bits per heavy atom. The molecule has 0 aliphatic carbocycles. The zero-order valence-corrected chi connectivity index (χ0v) is 8.78. The van der Waals surface area contributed by atoms with E-state index < -0.39 is 30.2 Å². The van der Waals surface area contributed by atoms with E-state index in [-0.39, 0.29) is 18.0 Å². The van der Waals surface area contributed by atoms with Gasteiger partial charge in [-0.15, -0.1) is 12.4 Å². The second-order valence-electron chi connectivity index (χ2n) is 3.10. The van der Waals surface area contributed by atoms with Gasteiger partial charge in [0.25, 0.3) is 0 Å². The summed E-state index contributed by atoms with van der Waals surface area (Å²) in [6, 6.07) is 1.84. The Balaban J connectivity index is 0.00000225. The predicted molar refractivity (Wildman–Crippen MR) is 52.9 cm³/mol. The average molecular weight is 260 g/mol. The van der Waals surface area contributed by atoms with E-state index in [0.717, 1.165) is 12.1 Å². The van der Waals surface area contributed by atoms with E-state index in [0.29, 0.717) is 0 Å². The molecule has 0 saturated heterocycles. The Hall–Kier alpha value is -1.01. The SMILES string of the molecule is Cl.N[C@H](CC(F)(F)F)c1cccc(F)c1O. The maximum atomic E-state index is 12.8. The normalized spacial score (nSPS) is 13.1. The number of phenols is 1. The minimum Gasteiger partial charge on any atom is -0.505 e. The number of hydrogen-bond acceptors (Lipinski definition) is 2. The van der Waals surface area contributed by atoms with Crippen molar-refractivity contribution in [3.8, 4) is 5.75 Å². The van der Waals surface area contributed by atoms with Gasteiger partial charge in [-0.2, -0.15) is 13.2 Å². The fraction of sp³-hybridized carbons (Fsp3) is 0.333. The fourth-order valence-corrected chi connectivity index (χ4v) is 1.19. The molecule has 0 bridgehead atoms. The summed E-state index contributed by atoms with van der Waals surface area (Å²) in [5.74, 6) is -1.81. The van der Waals surface area contributed by atoms with Gasteiger partial charge in [-0.05, 0) is 6.07 Å². The van der Waals surface area contributed by atoms with Gasteiger partial charge in [-0.1, -0.05) is 12.1 Å². The van der Waals surface area contributed by atoms with Gasteiger partial charge >= 0.3 is 6.18 Å². The van der Waals surface area contributed by atoms with E-state index in [2.05, 4.69) is 0 Å². The van der Waals surface area contributed by atoms with E-state index in [1.807, 2.05) is 0 Å². The smallest absolute Gasteiger partial charge is 0.390 e. The first kappa shape index (κ1) is 15.0. The third-order valence-corrected chi connectivity index (χ3v) is 1.87. The molecule has 0 aliphatic heterocycles. The predicted octanol–water partition coefficient (Wildman–Crippen LogP) is 2.91. The summed E-state index contributed by atoms with van der Waals surface area (Å²) in [6.45, 7) is 0. The van der Waals surface area contributed by atoms with Gasteiger partial charge < -0.3 is 10.8 Å². The van der Waals surface area contributed by atoms with E-state index in [4.69, 9.17) is 10.8 Å². The van der Waals surface area contributed by atoms with Crippen molar-refractivity contribution in [2.75, 3.05) is 0 Å². The zero-order valence-electron chi connectivity index (χ0n) is 7.96. The van der Waals surface area contributed by atoms with Gasteiger partial charge in [-0.25, -0.2) is 4.39 Å². The molecular formula is C9H10ClF4NO. The zero-order chi connectivity index (χ0) is 11.6. The van der Waals surface area contributed by atoms with Crippen LogP contribution in [0.1, 0.15) is 18.0 Å². The molecule has 7 heteroatoms. The van der Waals surface area contributed by atoms with Crippen LogP contribution in [0.25, 0.3) is 0 Å². The van der Waals surface area contributed by atoms with Crippen LogP contribution in [0.3, 0.4) is 0 Å². The number of phenolic OH excluding ortho intramolecular Hbond substituents is 1. The van der Waals surface area contributed by atoms with Gasteiger partial charge in [0.1, 0.15) is 0 Å². The summed E-state index contributed by atoms with van der Waals surface area (Å²) in [5, 5.41) is 9.14. The quantitative estimate of drug-likeness (QED) is 0.802. The molecule has 0 saturated carbocycles. The molecule has 16 heavy (non-hydrogen) atoms. The second-order valence-corrected chi connectivity index (χ2v) is 3.10. The molecule has 0 aliphatic rings. The highest BCUT2D eigenvalue weighted by Crippen LogP contribution is 2.32. The molecular weight excluding hydrogens is 250 g/mol. The van der Waals surface area contributed by atoms with Crippen molar-refractivity contribution in [3.63, 3.8) is 0 Å². The summed E-state index contributed by atoms with van der Waals surface area (Å²) in [7, 11) is 0. The highest BCUT2D eigenvalue weighted by atomic mass is 35.5. The number of alkyl halides is 3. The molecule has 0 radical (unpaired) electrons. The molecule has 3 N–H and O–H groups in total. The molecule has 1 rings (SSSR count). The molecule has 1 aromatic carbocycles. The number of aromatic hydroxyl groups is 1. The third kappa shape index (κ3) is 3.86. The largest absolute Gasteiger partial charge is 0.505 e. The lowest BCUT2D eigenvalue weighted by Crippen LogP contribution is -2.20. The molecule has 0 amide bonds. The lowest BCUT2D eigenvalue weighted by molar-refractivity contribution is -0.138. The first-order valence-corrected chi connectivity index (χ1v) is 4.11. The van der Waals surface area contributed by atoms with Gasteiger partial charge in [0.2, 0.25) is 0 Å². The molecule has 0 spiro atoms. The number of para-hydroxylation sites is 1. The lowest BCUT2D eigenvalue weighted by Gasteiger charge is -2.15. The first-order valence-electron chi connectivity index (χ1n) is 4.11. The standard InChI is InChI=1S/C9H9F4NO.ClH/c10-6-3-1-2-5(8(6)15)7(14)4-9(11,12)13;/h1-3,7,15H,4,14H2;1H/t7-;/m1./s1. The summed E-state index contributed by atoms with van der Waals surface area (Å²) in [6.07, 6.45) is -5.75. The van der Waals surface area contributed by atoms with Crippen LogP contribution in [0.4, 0.5) is 17.6 Å². The Morgan fingerprint density at radius 1 is 1.31 bits per heavy atom. The van der Waals surface area contributed by atoms with Crippen LogP contribution in [0.2, 0.25) is 0 Å². The molecule has 0 fully saturated rings. The van der Waals surface area contributed by atoms with Gasteiger partial charge in [0.15, 0.2) is 11.6 Å². The van der Waals surface area contributed by atoms with Gasteiger partial charge in [0, 0.05) is 11.6 Å². The first-order chi connectivity index (χ1) is 6.81. The van der Waals surface area contributed by atoms with E-state index in [1.165, 1.54) is 6.07 Å². The number of nitrogens with two attached hydrogens (primary N) is 1. The summed E-state index contributed by atoms with van der Waals surface area (Å²) >= 11 is 0. The van der Waals surface area contributed by atoms with Crippen LogP contribution in [0, 0.1) is 5.82 Å². The fourth-order valence-electron chi connectivity index (χ4n) is 1.19. The van der Waals surface area contributed by atoms with Crippen LogP contribution in [0.15, 0.2) is 18.2 Å². The maximum absolute atomic E-state index is 12.8. The highest BCUT2D eigenvalue weighted by molar-refractivity contribution is 5.85. The van der Waals surface area contributed by atoms with Crippen LogP contribution in [-0.4, -0.2) is 11.3 Å². The molecule has 0 heterocycles. The number of halogens is 5. The van der Waals surface area contributed by atoms with Crippen molar-refractivity contribution in [2.45, 2.75) is 18.6 Å². The highest BCUT2D eigenvalue weighted by Gasteiger charge is 2.32. The molecule has 1 aromatic rings. The lowest BCUT2D eigenvalue weighted by atomic mass is 10.0.